The number of morpholine rings is 1. The maximum atomic E-state index is 14.6. The van der Waals surface area contributed by atoms with Crippen molar-refractivity contribution >= 4 is 17.7 Å². The minimum atomic E-state index is -0.246. The van der Waals surface area contributed by atoms with Gasteiger partial charge in [0.15, 0.2) is 5.96 Å². The molecule has 31 heavy (non-hydrogen) atoms. The molecule has 0 radical (unpaired) electrons. The Morgan fingerprint density at radius 3 is 2.61 bits per heavy atom. The second kappa shape index (κ2) is 11.7. The number of guanidine groups is 1. The van der Waals surface area contributed by atoms with Gasteiger partial charge in [-0.25, -0.2) is 14.2 Å². The number of hydrogen-bond acceptors (Lipinski definition) is 5. The van der Waals surface area contributed by atoms with Crippen LogP contribution in [0.3, 0.4) is 0 Å². The standard InChI is InChI=1S/C22H34FN5O3/c1-3-24-21(26-18-7-9-28(10-8-18)22(29)31-4-2)25-16-17-5-6-20(19(23)15-17)27-11-13-30-14-12-27/h5-6,15,18H,3-4,7-14,16H2,1-2H3,(H2,24,25,26). The molecule has 3 rings (SSSR count). The Bertz CT molecular complexity index is 747. The summed E-state index contributed by atoms with van der Waals surface area (Å²) in [6, 6.07) is 5.55. The Kier molecular flexibility index (Phi) is 8.75. The third-order valence-corrected chi connectivity index (χ3v) is 5.49. The summed E-state index contributed by atoms with van der Waals surface area (Å²) in [6.07, 6.45) is 1.40. The number of piperidine rings is 1. The third-order valence-electron chi connectivity index (χ3n) is 5.49. The molecular weight excluding hydrogens is 401 g/mol. The molecule has 2 aliphatic heterocycles. The van der Waals surface area contributed by atoms with Gasteiger partial charge in [-0.3, -0.25) is 0 Å². The largest absolute Gasteiger partial charge is 0.450 e. The normalized spacial score (nSPS) is 18.1. The van der Waals surface area contributed by atoms with Crippen LogP contribution in [0.1, 0.15) is 32.3 Å². The zero-order valence-electron chi connectivity index (χ0n) is 18.5. The summed E-state index contributed by atoms with van der Waals surface area (Å²) < 4.78 is 25.0. The van der Waals surface area contributed by atoms with Crippen molar-refractivity contribution in [2.75, 3.05) is 57.4 Å². The molecule has 2 N–H and O–H groups in total. The highest BCUT2D eigenvalue weighted by atomic mass is 19.1. The molecule has 2 saturated heterocycles. The number of aliphatic imine (C=N–C) groups is 1. The lowest BCUT2D eigenvalue weighted by molar-refractivity contribution is 0.0963. The number of nitrogens with one attached hydrogen (secondary N) is 2. The second-order valence-corrected chi connectivity index (χ2v) is 7.68. The molecular formula is C22H34FN5O3. The lowest BCUT2D eigenvalue weighted by Crippen LogP contribution is -2.49. The number of carbonyl (C=O) groups excluding carboxylic acids is 1. The number of rotatable bonds is 6. The molecule has 2 heterocycles. The molecule has 0 bridgehead atoms. The fraction of sp³-hybridized carbons (Fsp3) is 0.636. The summed E-state index contributed by atoms with van der Waals surface area (Å²) in [4.78, 5) is 20.2. The maximum Gasteiger partial charge on any atom is 0.409 e. The van der Waals surface area contributed by atoms with Crippen molar-refractivity contribution in [3.05, 3.63) is 29.6 Å². The van der Waals surface area contributed by atoms with Gasteiger partial charge in [-0.05, 0) is 44.4 Å². The van der Waals surface area contributed by atoms with E-state index in [0.29, 0.717) is 64.2 Å². The molecule has 2 fully saturated rings. The quantitative estimate of drug-likeness (QED) is 0.528. The number of carbonyl (C=O) groups is 1. The van der Waals surface area contributed by atoms with Gasteiger partial charge in [-0.1, -0.05) is 6.07 Å². The van der Waals surface area contributed by atoms with Crippen molar-refractivity contribution in [2.45, 2.75) is 39.3 Å². The first-order valence-electron chi connectivity index (χ1n) is 11.2. The van der Waals surface area contributed by atoms with Crippen molar-refractivity contribution in [3.63, 3.8) is 0 Å². The van der Waals surface area contributed by atoms with Gasteiger partial charge >= 0.3 is 6.09 Å². The molecule has 0 aromatic heterocycles. The van der Waals surface area contributed by atoms with E-state index in [1.54, 1.807) is 11.0 Å². The van der Waals surface area contributed by atoms with Gasteiger partial charge in [-0.2, -0.15) is 0 Å². The van der Waals surface area contributed by atoms with Crippen molar-refractivity contribution in [2.24, 2.45) is 4.99 Å². The second-order valence-electron chi connectivity index (χ2n) is 7.68. The van der Waals surface area contributed by atoms with E-state index in [1.807, 2.05) is 30.9 Å². The number of nitrogens with zero attached hydrogens (tertiary/aromatic N) is 3. The molecule has 0 unspecified atom stereocenters. The van der Waals surface area contributed by atoms with E-state index in [9.17, 15) is 9.18 Å². The number of amides is 1. The van der Waals surface area contributed by atoms with E-state index >= 15 is 0 Å². The number of hydrogen-bond donors (Lipinski definition) is 2. The van der Waals surface area contributed by atoms with Crippen LogP contribution in [0.25, 0.3) is 0 Å². The molecule has 2 aliphatic rings. The summed E-state index contributed by atoms with van der Waals surface area (Å²) in [5.74, 6) is 0.480. The fourth-order valence-corrected chi connectivity index (χ4v) is 3.81. The van der Waals surface area contributed by atoms with Crippen LogP contribution in [0, 0.1) is 5.82 Å². The summed E-state index contributed by atoms with van der Waals surface area (Å²) >= 11 is 0. The molecule has 172 valence electrons. The fourth-order valence-electron chi connectivity index (χ4n) is 3.81. The van der Waals surface area contributed by atoms with Crippen LogP contribution in [0.5, 0.6) is 0 Å². The van der Waals surface area contributed by atoms with Crippen molar-refractivity contribution < 1.29 is 18.7 Å². The van der Waals surface area contributed by atoms with E-state index < -0.39 is 0 Å². The molecule has 1 aromatic rings. The molecule has 0 atom stereocenters. The highest BCUT2D eigenvalue weighted by molar-refractivity contribution is 5.80. The lowest BCUT2D eigenvalue weighted by atomic mass is 10.1. The Labute approximate surface area is 183 Å². The van der Waals surface area contributed by atoms with Crippen molar-refractivity contribution in [1.29, 1.82) is 0 Å². The monoisotopic (exact) mass is 435 g/mol. The number of benzene rings is 1. The highest BCUT2D eigenvalue weighted by Crippen LogP contribution is 2.22. The van der Waals surface area contributed by atoms with Gasteiger partial charge in [0, 0.05) is 38.8 Å². The van der Waals surface area contributed by atoms with Crippen LogP contribution >= 0.6 is 0 Å². The van der Waals surface area contributed by atoms with Gasteiger partial charge in [0.05, 0.1) is 32.1 Å². The first kappa shape index (κ1) is 23.1. The number of likely N-dealkylation sites (tertiary alicyclic amines) is 1. The molecule has 0 spiro atoms. The summed E-state index contributed by atoms with van der Waals surface area (Å²) in [5, 5.41) is 6.69. The topological polar surface area (TPSA) is 78.4 Å². The molecule has 1 amide bonds. The minimum absolute atomic E-state index is 0.223. The Balaban J connectivity index is 1.55. The van der Waals surface area contributed by atoms with Gasteiger partial charge in [0.1, 0.15) is 5.82 Å². The van der Waals surface area contributed by atoms with Crippen LogP contribution in [-0.2, 0) is 16.0 Å². The number of ether oxygens (including phenoxy) is 2. The average Bonchev–Trinajstić information content (AvgIpc) is 2.79. The number of halogens is 1. The smallest absolute Gasteiger partial charge is 0.409 e. The summed E-state index contributed by atoms with van der Waals surface area (Å²) in [6.45, 7) is 9.32. The maximum absolute atomic E-state index is 14.6. The minimum Gasteiger partial charge on any atom is -0.450 e. The average molecular weight is 436 g/mol. The van der Waals surface area contributed by atoms with E-state index in [0.717, 1.165) is 24.9 Å². The van der Waals surface area contributed by atoms with E-state index in [2.05, 4.69) is 15.6 Å². The molecule has 0 saturated carbocycles. The van der Waals surface area contributed by atoms with E-state index in [-0.39, 0.29) is 18.0 Å². The van der Waals surface area contributed by atoms with Gasteiger partial charge in [0.25, 0.3) is 0 Å². The van der Waals surface area contributed by atoms with Gasteiger partial charge < -0.3 is 29.9 Å². The van der Waals surface area contributed by atoms with Gasteiger partial charge in [0.2, 0.25) is 0 Å². The van der Waals surface area contributed by atoms with E-state index in [1.165, 1.54) is 0 Å². The van der Waals surface area contributed by atoms with Crippen LogP contribution in [0.2, 0.25) is 0 Å². The SMILES string of the molecule is CCNC(=NCc1ccc(N2CCOCC2)c(F)c1)NC1CCN(C(=O)OCC)CC1. The van der Waals surface area contributed by atoms with Crippen molar-refractivity contribution in [1.82, 2.24) is 15.5 Å². The lowest BCUT2D eigenvalue weighted by Gasteiger charge is -2.32. The highest BCUT2D eigenvalue weighted by Gasteiger charge is 2.24. The number of anilines is 1. The Morgan fingerprint density at radius 2 is 1.97 bits per heavy atom. The van der Waals surface area contributed by atoms with Crippen LogP contribution in [0.4, 0.5) is 14.9 Å². The molecule has 1 aromatic carbocycles. The summed E-state index contributed by atoms with van der Waals surface area (Å²) in [5.41, 5.74) is 1.44. The van der Waals surface area contributed by atoms with Crippen molar-refractivity contribution in [3.8, 4) is 0 Å². The predicted octanol–water partition coefficient (Wildman–Crippen LogP) is 2.34. The first-order valence-corrected chi connectivity index (χ1v) is 11.2. The van der Waals surface area contributed by atoms with Crippen LogP contribution < -0.4 is 15.5 Å². The molecule has 9 heteroatoms. The van der Waals surface area contributed by atoms with Gasteiger partial charge in [-0.15, -0.1) is 0 Å². The molecule has 8 nitrogen and oxygen atoms in total. The Hall–Kier alpha value is -2.55. The molecule has 0 aliphatic carbocycles. The first-order chi connectivity index (χ1) is 15.1. The van der Waals surface area contributed by atoms with E-state index in [4.69, 9.17) is 9.47 Å². The zero-order chi connectivity index (χ0) is 22.1. The zero-order valence-corrected chi connectivity index (χ0v) is 18.5. The summed E-state index contributed by atoms with van der Waals surface area (Å²) in [7, 11) is 0. The predicted molar refractivity (Wildman–Crippen MR) is 119 cm³/mol. The van der Waals surface area contributed by atoms with Crippen LogP contribution in [0.15, 0.2) is 23.2 Å². The Morgan fingerprint density at radius 1 is 1.23 bits per heavy atom. The third kappa shape index (κ3) is 6.72. The van der Waals surface area contributed by atoms with Crippen LogP contribution in [-0.4, -0.2) is 75.5 Å².